The van der Waals surface area contributed by atoms with E-state index in [-0.39, 0.29) is 5.75 Å². The Hall–Kier alpha value is -0.580. The van der Waals surface area contributed by atoms with Gasteiger partial charge >= 0.3 is 0 Å². The second-order valence-corrected chi connectivity index (χ2v) is 7.31. The summed E-state index contributed by atoms with van der Waals surface area (Å²) >= 11 is 1.61. The SMILES string of the molecule is O=S(=O)(Cl)CCc1cc2ccccc2s1. The third kappa shape index (κ3) is 2.93. The highest BCUT2D eigenvalue weighted by Gasteiger charge is 2.07. The Morgan fingerprint density at radius 2 is 2.00 bits per heavy atom. The molecule has 0 radical (unpaired) electrons. The number of hydrogen-bond acceptors (Lipinski definition) is 3. The summed E-state index contributed by atoms with van der Waals surface area (Å²) in [6.45, 7) is 0. The molecular formula is C10H9ClO2S2. The highest BCUT2D eigenvalue weighted by Crippen LogP contribution is 2.25. The van der Waals surface area contributed by atoms with Crippen LogP contribution in [0.2, 0.25) is 0 Å². The van der Waals surface area contributed by atoms with Gasteiger partial charge in [0.25, 0.3) is 0 Å². The number of halogens is 1. The van der Waals surface area contributed by atoms with Gasteiger partial charge in [-0.2, -0.15) is 0 Å². The maximum absolute atomic E-state index is 10.8. The van der Waals surface area contributed by atoms with Crippen LogP contribution < -0.4 is 0 Å². The highest BCUT2D eigenvalue weighted by atomic mass is 35.7. The summed E-state index contributed by atoms with van der Waals surface area (Å²) in [5.41, 5.74) is 0. The van der Waals surface area contributed by atoms with Crippen LogP contribution in [0.3, 0.4) is 0 Å². The first-order valence-electron chi connectivity index (χ1n) is 4.44. The van der Waals surface area contributed by atoms with Crippen molar-refractivity contribution in [1.82, 2.24) is 0 Å². The Morgan fingerprint density at radius 3 is 2.67 bits per heavy atom. The summed E-state index contributed by atoms with van der Waals surface area (Å²) in [5, 5.41) is 1.16. The zero-order valence-electron chi connectivity index (χ0n) is 7.81. The lowest BCUT2D eigenvalue weighted by Crippen LogP contribution is -1.99. The summed E-state index contributed by atoms with van der Waals surface area (Å²) in [6, 6.07) is 10.0. The molecule has 0 spiro atoms. The normalized spacial score (nSPS) is 12.1. The Morgan fingerprint density at radius 1 is 1.27 bits per heavy atom. The molecule has 1 aromatic heterocycles. The number of benzene rings is 1. The molecule has 0 fully saturated rings. The summed E-state index contributed by atoms with van der Waals surface area (Å²) in [6.07, 6.45) is 0.491. The van der Waals surface area contributed by atoms with Crippen molar-refractivity contribution in [2.75, 3.05) is 5.75 Å². The van der Waals surface area contributed by atoms with E-state index in [4.69, 9.17) is 10.7 Å². The van der Waals surface area contributed by atoms with Crippen molar-refractivity contribution in [1.29, 1.82) is 0 Å². The summed E-state index contributed by atoms with van der Waals surface area (Å²) < 4.78 is 22.8. The first kappa shape index (κ1) is 10.9. The van der Waals surface area contributed by atoms with Crippen LogP contribution in [0.1, 0.15) is 4.88 Å². The van der Waals surface area contributed by atoms with Crippen LogP contribution in [-0.4, -0.2) is 14.2 Å². The van der Waals surface area contributed by atoms with E-state index in [1.807, 2.05) is 30.3 Å². The summed E-state index contributed by atoms with van der Waals surface area (Å²) in [5.74, 6) is 0.00137. The summed E-state index contributed by atoms with van der Waals surface area (Å²) in [7, 11) is 1.78. The number of thiophene rings is 1. The molecule has 2 aromatic rings. The Labute approximate surface area is 96.9 Å². The molecule has 2 nitrogen and oxygen atoms in total. The van der Waals surface area contributed by atoms with Crippen molar-refractivity contribution in [3.63, 3.8) is 0 Å². The lowest BCUT2D eigenvalue weighted by atomic mass is 10.2. The Kier molecular flexibility index (Phi) is 3.00. The van der Waals surface area contributed by atoms with Gasteiger partial charge in [0.05, 0.1) is 5.75 Å². The topological polar surface area (TPSA) is 34.1 Å². The van der Waals surface area contributed by atoms with Gasteiger partial charge in [0.2, 0.25) is 9.05 Å². The average Bonchev–Trinajstić information content (AvgIpc) is 2.56. The minimum absolute atomic E-state index is 0.00137. The lowest BCUT2D eigenvalue weighted by molar-refractivity contribution is 0.609. The molecule has 0 saturated carbocycles. The fraction of sp³-hybridized carbons (Fsp3) is 0.200. The van der Waals surface area contributed by atoms with Crippen LogP contribution in [0.15, 0.2) is 30.3 Å². The van der Waals surface area contributed by atoms with Crippen molar-refractivity contribution in [2.24, 2.45) is 0 Å². The van der Waals surface area contributed by atoms with Crippen LogP contribution in [0.5, 0.6) is 0 Å². The van der Waals surface area contributed by atoms with Gasteiger partial charge in [-0.1, -0.05) is 18.2 Å². The van der Waals surface area contributed by atoms with E-state index in [9.17, 15) is 8.42 Å². The molecule has 0 unspecified atom stereocenters. The van der Waals surface area contributed by atoms with E-state index < -0.39 is 9.05 Å². The fourth-order valence-corrected chi connectivity index (χ4v) is 3.27. The third-order valence-electron chi connectivity index (χ3n) is 2.07. The molecule has 2 rings (SSSR count). The average molecular weight is 261 g/mol. The maximum atomic E-state index is 10.8. The minimum atomic E-state index is -3.38. The molecule has 0 N–H and O–H groups in total. The summed E-state index contributed by atoms with van der Waals surface area (Å²) in [4.78, 5) is 1.06. The molecule has 80 valence electrons. The van der Waals surface area contributed by atoms with Gasteiger partial charge in [-0.3, -0.25) is 0 Å². The van der Waals surface area contributed by atoms with E-state index >= 15 is 0 Å². The van der Waals surface area contributed by atoms with E-state index in [1.165, 1.54) is 4.70 Å². The van der Waals surface area contributed by atoms with Gasteiger partial charge in [0.1, 0.15) is 0 Å². The predicted octanol–water partition coefficient (Wildman–Crippen LogP) is 3.01. The van der Waals surface area contributed by atoms with Gasteiger partial charge in [0.15, 0.2) is 0 Å². The molecule has 0 bridgehead atoms. The molecule has 1 heterocycles. The van der Waals surface area contributed by atoms with Crippen LogP contribution in [0.4, 0.5) is 0 Å². The molecule has 0 saturated heterocycles. The van der Waals surface area contributed by atoms with Gasteiger partial charge in [-0.15, -0.1) is 11.3 Å². The fourth-order valence-electron chi connectivity index (χ4n) is 1.38. The molecule has 0 aliphatic heterocycles. The Bertz CT molecular complexity index is 539. The molecule has 0 aliphatic carbocycles. The van der Waals surface area contributed by atoms with Crippen molar-refractivity contribution in [3.05, 3.63) is 35.2 Å². The third-order valence-corrected chi connectivity index (χ3v) is 4.40. The monoisotopic (exact) mass is 260 g/mol. The lowest BCUT2D eigenvalue weighted by Gasteiger charge is -1.92. The maximum Gasteiger partial charge on any atom is 0.232 e. The zero-order chi connectivity index (χ0) is 10.9. The second kappa shape index (κ2) is 4.12. The molecule has 0 amide bonds. The zero-order valence-corrected chi connectivity index (χ0v) is 10.2. The van der Waals surface area contributed by atoms with Crippen LogP contribution >= 0.6 is 22.0 Å². The van der Waals surface area contributed by atoms with Gasteiger partial charge in [0, 0.05) is 20.3 Å². The van der Waals surface area contributed by atoms with Crippen molar-refractivity contribution in [2.45, 2.75) is 6.42 Å². The molecule has 15 heavy (non-hydrogen) atoms. The minimum Gasteiger partial charge on any atom is -0.212 e. The first-order chi connectivity index (χ1) is 7.04. The van der Waals surface area contributed by atoms with E-state index in [0.717, 1.165) is 10.3 Å². The van der Waals surface area contributed by atoms with E-state index in [0.29, 0.717) is 6.42 Å². The highest BCUT2D eigenvalue weighted by molar-refractivity contribution is 8.13. The smallest absolute Gasteiger partial charge is 0.212 e. The molecule has 0 atom stereocenters. The molecular weight excluding hydrogens is 252 g/mol. The number of hydrogen-bond donors (Lipinski definition) is 0. The standard InChI is InChI=1S/C10H9ClO2S2/c11-15(12,13)6-5-9-7-8-3-1-2-4-10(8)14-9/h1-4,7H,5-6H2. The van der Waals surface area contributed by atoms with Gasteiger partial charge < -0.3 is 0 Å². The van der Waals surface area contributed by atoms with Crippen LogP contribution in [-0.2, 0) is 15.5 Å². The van der Waals surface area contributed by atoms with E-state index in [2.05, 4.69) is 0 Å². The number of fused-ring (bicyclic) bond motifs is 1. The van der Waals surface area contributed by atoms with Crippen molar-refractivity contribution in [3.8, 4) is 0 Å². The number of aryl methyl sites for hydroxylation is 1. The van der Waals surface area contributed by atoms with E-state index in [1.54, 1.807) is 11.3 Å². The van der Waals surface area contributed by atoms with Crippen LogP contribution in [0, 0.1) is 0 Å². The van der Waals surface area contributed by atoms with Gasteiger partial charge in [-0.05, 0) is 23.9 Å². The van der Waals surface area contributed by atoms with Gasteiger partial charge in [-0.25, -0.2) is 8.42 Å². The largest absolute Gasteiger partial charge is 0.232 e. The molecule has 5 heteroatoms. The quantitative estimate of drug-likeness (QED) is 0.795. The van der Waals surface area contributed by atoms with Crippen LogP contribution in [0.25, 0.3) is 10.1 Å². The van der Waals surface area contributed by atoms with Crippen molar-refractivity contribution < 1.29 is 8.42 Å². The molecule has 0 aliphatic rings. The first-order valence-corrected chi connectivity index (χ1v) is 7.74. The number of rotatable bonds is 3. The predicted molar refractivity (Wildman–Crippen MR) is 65.2 cm³/mol. The molecule has 1 aromatic carbocycles. The Balaban J connectivity index is 2.23. The second-order valence-electron chi connectivity index (χ2n) is 3.24. The van der Waals surface area contributed by atoms with Crippen molar-refractivity contribution >= 4 is 41.2 Å².